The van der Waals surface area contributed by atoms with Crippen molar-refractivity contribution < 1.29 is 9.53 Å². The summed E-state index contributed by atoms with van der Waals surface area (Å²) in [4.78, 5) is 22.6. The highest BCUT2D eigenvalue weighted by atomic mass is 35.5. The van der Waals surface area contributed by atoms with E-state index in [1.807, 2.05) is 24.3 Å². The van der Waals surface area contributed by atoms with Crippen molar-refractivity contribution in [1.29, 1.82) is 0 Å². The number of anilines is 2. The zero-order valence-electron chi connectivity index (χ0n) is 17.5. The number of aromatic nitrogens is 2. The molecule has 0 saturated heterocycles. The fourth-order valence-electron chi connectivity index (χ4n) is 3.67. The number of Topliss-reactive ketones (excluding diaryl/α,β-unsaturated/α-hetero) is 1. The average Bonchev–Trinajstić information content (AvgIpc) is 3.41. The van der Waals surface area contributed by atoms with E-state index in [0.717, 1.165) is 20.4 Å². The van der Waals surface area contributed by atoms with Crippen LogP contribution in [0.1, 0.15) is 10.4 Å². The third-order valence-electron chi connectivity index (χ3n) is 5.28. The summed E-state index contributed by atoms with van der Waals surface area (Å²) in [5.74, 6) is 0.222. The molecule has 1 aliphatic rings. The molecular weight excluding hydrogens is 547 g/mol. The second-order valence-corrected chi connectivity index (χ2v) is 11.0. The Morgan fingerprint density at radius 3 is 2.14 bits per heavy atom. The van der Waals surface area contributed by atoms with E-state index in [1.165, 1.54) is 22.7 Å². The van der Waals surface area contributed by atoms with Crippen molar-refractivity contribution in [2.75, 3.05) is 10.6 Å². The smallest absolute Gasteiger partial charge is 0.203 e. The third kappa shape index (κ3) is 4.44. The molecule has 3 aromatic carbocycles. The molecular formula is C24H13Cl3N4O2S2. The van der Waals surface area contributed by atoms with Crippen LogP contribution in [-0.4, -0.2) is 22.0 Å². The quantitative estimate of drug-likeness (QED) is 0.218. The maximum atomic E-state index is 13.5. The Bertz CT molecular complexity index is 1660. The van der Waals surface area contributed by atoms with Crippen molar-refractivity contribution in [2.24, 2.45) is 0 Å². The molecule has 0 aliphatic carbocycles. The number of fused-ring (bicyclic) bond motifs is 3. The molecule has 2 N–H and O–H groups in total. The van der Waals surface area contributed by atoms with Gasteiger partial charge >= 0.3 is 0 Å². The molecule has 1 aliphatic heterocycles. The minimum Gasteiger partial charge on any atom is -0.465 e. The summed E-state index contributed by atoms with van der Waals surface area (Å²) in [6, 6.07) is 15.9. The van der Waals surface area contributed by atoms with Crippen LogP contribution in [0.25, 0.3) is 20.4 Å². The van der Waals surface area contributed by atoms with Crippen LogP contribution in [0.4, 0.5) is 10.3 Å². The summed E-state index contributed by atoms with van der Waals surface area (Å²) >= 11 is 21.2. The molecule has 6 nitrogen and oxygen atoms in total. The number of ether oxygens (including phenoxy) is 1. The first-order chi connectivity index (χ1) is 16.9. The van der Waals surface area contributed by atoms with E-state index >= 15 is 0 Å². The Labute approximate surface area is 222 Å². The summed E-state index contributed by atoms with van der Waals surface area (Å²) in [6.07, 6.45) is 0.816. The van der Waals surface area contributed by atoms with Crippen LogP contribution < -0.4 is 15.4 Å². The minimum atomic E-state index is -0.788. The maximum absolute atomic E-state index is 13.5. The van der Waals surface area contributed by atoms with Crippen LogP contribution in [0.3, 0.4) is 0 Å². The van der Waals surface area contributed by atoms with Gasteiger partial charge in [0, 0.05) is 21.3 Å². The van der Waals surface area contributed by atoms with Crippen LogP contribution in [0.2, 0.25) is 15.1 Å². The van der Waals surface area contributed by atoms with Crippen molar-refractivity contribution in [3.05, 3.63) is 87.0 Å². The lowest BCUT2D eigenvalue weighted by Crippen LogP contribution is -2.37. The normalized spacial score (nSPS) is 16.5. The number of rotatable bonds is 4. The molecule has 11 heteroatoms. The molecule has 3 heterocycles. The fraction of sp³-hybridized carbons (Fsp3) is 0.0417. The largest absolute Gasteiger partial charge is 0.465 e. The van der Waals surface area contributed by atoms with Gasteiger partial charge in [-0.2, -0.15) is 0 Å². The number of ketones is 1. The number of carbonyl (C=O) groups excluding carboxylic acids is 1. The van der Waals surface area contributed by atoms with E-state index in [2.05, 4.69) is 20.6 Å². The Morgan fingerprint density at radius 2 is 1.43 bits per heavy atom. The van der Waals surface area contributed by atoms with Gasteiger partial charge in [0.05, 0.1) is 31.6 Å². The number of hydrogen-bond donors (Lipinski definition) is 2. The SMILES string of the molecule is O=C1/C(=C\Nc2nc3ccc(Cl)cc3s2)C(Nc2nc3ccc(Cl)cc3s2)Oc2ccc(Cl)cc21. The number of benzene rings is 3. The van der Waals surface area contributed by atoms with Gasteiger partial charge in [0.1, 0.15) is 5.75 Å². The molecule has 0 amide bonds. The number of thiazole rings is 2. The molecule has 0 saturated carbocycles. The first-order valence-corrected chi connectivity index (χ1v) is 13.1. The van der Waals surface area contributed by atoms with Crippen molar-refractivity contribution in [1.82, 2.24) is 9.97 Å². The number of nitrogens with one attached hydrogen (secondary N) is 2. The van der Waals surface area contributed by atoms with Gasteiger partial charge in [0.2, 0.25) is 6.23 Å². The van der Waals surface area contributed by atoms with Crippen molar-refractivity contribution in [3.63, 3.8) is 0 Å². The molecule has 35 heavy (non-hydrogen) atoms. The summed E-state index contributed by atoms with van der Waals surface area (Å²) in [6.45, 7) is 0. The highest BCUT2D eigenvalue weighted by Gasteiger charge is 2.33. The monoisotopic (exact) mass is 558 g/mol. The Balaban J connectivity index is 1.36. The predicted molar refractivity (Wildman–Crippen MR) is 145 cm³/mol. The first-order valence-electron chi connectivity index (χ1n) is 10.3. The van der Waals surface area contributed by atoms with Gasteiger partial charge in [-0.05, 0) is 54.6 Å². The molecule has 1 atom stereocenters. The predicted octanol–water partition coefficient (Wildman–Crippen LogP) is 7.88. The van der Waals surface area contributed by atoms with Gasteiger partial charge in [-0.25, -0.2) is 9.97 Å². The summed E-state index contributed by atoms with van der Waals surface area (Å²) in [5, 5.41) is 9.31. The van der Waals surface area contributed by atoms with Crippen LogP contribution >= 0.6 is 57.5 Å². The topological polar surface area (TPSA) is 76.1 Å². The average molecular weight is 560 g/mol. The number of hydrogen-bond acceptors (Lipinski definition) is 8. The van der Waals surface area contributed by atoms with Gasteiger partial charge in [-0.15, -0.1) is 0 Å². The molecule has 0 fully saturated rings. The van der Waals surface area contributed by atoms with Crippen LogP contribution in [0.5, 0.6) is 5.75 Å². The molecule has 174 valence electrons. The Morgan fingerprint density at radius 1 is 0.829 bits per heavy atom. The molecule has 0 radical (unpaired) electrons. The number of carbonyl (C=O) groups is 1. The fourth-order valence-corrected chi connectivity index (χ4v) is 6.11. The summed E-state index contributed by atoms with van der Waals surface area (Å²) in [5.41, 5.74) is 2.35. The van der Waals surface area contributed by atoms with E-state index in [9.17, 15) is 4.79 Å². The number of halogens is 3. The van der Waals surface area contributed by atoms with E-state index < -0.39 is 6.23 Å². The van der Waals surface area contributed by atoms with Crippen LogP contribution in [0.15, 0.2) is 66.4 Å². The molecule has 6 rings (SSSR count). The zero-order chi connectivity index (χ0) is 24.1. The Hall–Kier alpha value is -2.88. The lowest BCUT2D eigenvalue weighted by Gasteiger charge is -2.28. The van der Waals surface area contributed by atoms with Gasteiger partial charge in [-0.3, -0.25) is 4.79 Å². The second kappa shape index (κ2) is 8.96. The second-order valence-electron chi connectivity index (χ2n) is 7.62. The molecule has 2 aromatic heterocycles. The van der Waals surface area contributed by atoms with Crippen LogP contribution in [-0.2, 0) is 0 Å². The van der Waals surface area contributed by atoms with E-state index in [4.69, 9.17) is 39.5 Å². The van der Waals surface area contributed by atoms with E-state index in [1.54, 1.807) is 36.5 Å². The van der Waals surface area contributed by atoms with E-state index in [0.29, 0.717) is 42.2 Å². The molecule has 0 bridgehead atoms. The highest BCUT2D eigenvalue weighted by Crippen LogP contribution is 2.36. The van der Waals surface area contributed by atoms with Gasteiger partial charge < -0.3 is 15.4 Å². The highest BCUT2D eigenvalue weighted by molar-refractivity contribution is 7.22. The maximum Gasteiger partial charge on any atom is 0.203 e. The van der Waals surface area contributed by atoms with Crippen molar-refractivity contribution in [3.8, 4) is 5.75 Å². The van der Waals surface area contributed by atoms with Gasteiger partial charge in [0.15, 0.2) is 16.0 Å². The standard InChI is InChI=1S/C24H13Cl3N4O2S2/c25-11-3-6-18-14(7-11)21(32)15(10-28-23-29-16-4-1-12(26)8-19(16)34-23)22(33-18)31-24-30-17-5-2-13(27)9-20(17)35-24/h1-10,22H,(H,28,29)(H,30,31)/b15-10+. The van der Waals surface area contributed by atoms with Crippen molar-refractivity contribution in [2.45, 2.75) is 6.23 Å². The summed E-state index contributed by atoms with van der Waals surface area (Å²) in [7, 11) is 0. The van der Waals surface area contributed by atoms with Crippen molar-refractivity contribution >= 4 is 94.0 Å². The third-order valence-corrected chi connectivity index (χ3v) is 7.89. The summed E-state index contributed by atoms with van der Waals surface area (Å²) < 4.78 is 8.02. The molecule has 1 unspecified atom stereocenters. The molecule has 5 aromatic rings. The zero-order valence-corrected chi connectivity index (χ0v) is 21.4. The van der Waals surface area contributed by atoms with E-state index in [-0.39, 0.29) is 5.78 Å². The lowest BCUT2D eigenvalue weighted by atomic mass is 9.99. The first kappa shape index (κ1) is 22.6. The van der Waals surface area contributed by atoms with Gasteiger partial charge in [0.25, 0.3) is 0 Å². The van der Waals surface area contributed by atoms with Gasteiger partial charge in [-0.1, -0.05) is 57.5 Å². The molecule has 0 spiro atoms. The van der Waals surface area contributed by atoms with Crippen LogP contribution in [0, 0.1) is 0 Å². The number of nitrogens with zero attached hydrogens (tertiary/aromatic N) is 2. The minimum absolute atomic E-state index is 0.216. The Kier molecular flexibility index (Phi) is 5.78. The lowest BCUT2D eigenvalue weighted by molar-refractivity contribution is 0.0973.